The van der Waals surface area contributed by atoms with E-state index in [1.54, 1.807) is 29.9 Å². The zero-order valence-electron chi connectivity index (χ0n) is 15.8. The van der Waals surface area contributed by atoms with Crippen LogP contribution in [0.3, 0.4) is 0 Å². The minimum Gasteiger partial charge on any atom is -0.395 e. The molecular weight excluding hydrogens is 358 g/mol. The molecular formula is C20H23N5O3. The molecule has 8 heteroatoms. The van der Waals surface area contributed by atoms with Gasteiger partial charge in [0.15, 0.2) is 0 Å². The normalized spacial score (nSPS) is 17.4. The predicted molar refractivity (Wildman–Crippen MR) is 105 cm³/mol. The van der Waals surface area contributed by atoms with Crippen LogP contribution in [0.5, 0.6) is 0 Å². The molecule has 1 unspecified atom stereocenters. The van der Waals surface area contributed by atoms with Crippen LogP contribution in [0, 0.1) is 0 Å². The van der Waals surface area contributed by atoms with Crippen molar-refractivity contribution in [1.82, 2.24) is 24.2 Å². The van der Waals surface area contributed by atoms with E-state index < -0.39 is 0 Å². The van der Waals surface area contributed by atoms with Gasteiger partial charge in [0.25, 0.3) is 11.1 Å². The van der Waals surface area contributed by atoms with Gasteiger partial charge in [0, 0.05) is 25.4 Å². The molecule has 1 fully saturated rings. The molecule has 2 aromatic heterocycles. The maximum atomic E-state index is 13.0. The highest BCUT2D eigenvalue weighted by Gasteiger charge is 2.30. The maximum Gasteiger partial charge on any atom is 0.270 e. The summed E-state index contributed by atoms with van der Waals surface area (Å²) >= 11 is 0. The molecule has 0 amide bonds. The molecule has 0 bridgehead atoms. The van der Waals surface area contributed by atoms with Crippen molar-refractivity contribution in [2.75, 3.05) is 13.2 Å². The third-order valence-electron chi connectivity index (χ3n) is 5.33. The third kappa shape index (κ3) is 3.25. The fourth-order valence-corrected chi connectivity index (χ4v) is 3.96. The molecule has 1 aliphatic rings. The number of hydrogen-bond donors (Lipinski definition) is 1. The number of rotatable bonds is 5. The van der Waals surface area contributed by atoms with Crippen molar-refractivity contribution < 1.29 is 5.11 Å². The van der Waals surface area contributed by atoms with Crippen LogP contribution in [-0.2, 0) is 20.1 Å². The summed E-state index contributed by atoms with van der Waals surface area (Å²) in [6.45, 7) is 1.36. The highest BCUT2D eigenvalue weighted by atomic mass is 16.3. The van der Waals surface area contributed by atoms with E-state index >= 15 is 0 Å². The Kier molecular flexibility index (Phi) is 5.06. The van der Waals surface area contributed by atoms with Crippen LogP contribution in [0.4, 0.5) is 0 Å². The quantitative estimate of drug-likeness (QED) is 0.703. The Morgan fingerprint density at radius 2 is 2.00 bits per heavy atom. The van der Waals surface area contributed by atoms with E-state index in [0.717, 1.165) is 19.4 Å². The van der Waals surface area contributed by atoms with E-state index in [0.29, 0.717) is 28.8 Å². The van der Waals surface area contributed by atoms with Gasteiger partial charge >= 0.3 is 0 Å². The number of aromatic nitrogens is 4. The largest absolute Gasteiger partial charge is 0.395 e. The van der Waals surface area contributed by atoms with E-state index in [2.05, 4.69) is 10.00 Å². The predicted octanol–water partition coefficient (Wildman–Crippen LogP) is 0.820. The van der Waals surface area contributed by atoms with Gasteiger partial charge in [-0.2, -0.15) is 5.10 Å². The Morgan fingerprint density at radius 1 is 1.18 bits per heavy atom. The SMILES string of the molecule is Cn1nccc(CN2CCCC2c2nc3ccccc3c(=O)n2CCO)c1=O. The molecule has 1 aliphatic heterocycles. The minimum absolute atomic E-state index is 0.0817. The fraction of sp³-hybridized carbons (Fsp3) is 0.400. The van der Waals surface area contributed by atoms with E-state index in [4.69, 9.17) is 4.98 Å². The number of nitrogens with zero attached hydrogens (tertiary/aromatic N) is 5. The summed E-state index contributed by atoms with van der Waals surface area (Å²) in [6.07, 6.45) is 3.43. The second-order valence-electron chi connectivity index (χ2n) is 7.08. The zero-order valence-corrected chi connectivity index (χ0v) is 15.8. The number of fused-ring (bicyclic) bond motifs is 1. The first-order chi connectivity index (χ1) is 13.6. The Bertz CT molecular complexity index is 1120. The van der Waals surface area contributed by atoms with Crippen LogP contribution in [-0.4, -0.2) is 42.5 Å². The number of aryl methyl sites for hydroxylation is 1. The molecule has 0 radical (unpaired) electrons. The standard InChI is InChI=1S/C20H23N5O3/c1-23-19(27)14(8-9-21-23)13-24-10-4-7-17(24)18-22-16-6-3-2-5-15(16)20(28)25(18)11-12-26/h2-3,5-6,8-9,17,26H,4,7,10-13H2,1H3. The van der Waals surface area contributed by atoms with Crippen LogP contribution in [0.25, 0.3) is 10.9 Å². The Labute approximate surface area is 161 Å². The van der Waals surface area contributed by atoms with Crippen LogP contribution in [0.15, 0.2) is 46.1 Å². The molecule has 8 nitrogen and oxygen atoms in total. The molecule has 1 aromatic carbocycles. The number of benzene rings is 1. The van der Waals surface area contributed by atoms with Crippen molar-refractivity contribution >= 4 is 10.9 Å². The molecule has 28 heavy (non-hydrogen) atoms. The van der Waals surface area contributed by atoms with Crippen molar-refractivity contribution in [3.05, 3.63) is 68.6 Å². The van der Waals surface area contributed by atoms with E-state index in [9.17, 15) is 14.7 Å². The summed E-state index contributed by atoms with van der Waals surface area (Å²) in [5, 5.41) is 14.0. The Morgan fingerprint density at radius 3 is 2.82 bits per heavy atom. The van der Waals surface area contributed by atoms with Gasteiger partial charge in [-0.25, -0.2) is 9.67 Å². The summed E-state index contributed by atoms with van der Waals surface area (Å²) in [7, 11) is 1.64. The van der Waals surface area contributed by atoms with Gasteiger partial charge in [-0.05, 0) is 37.6 Å². The van der Waals surface area contributed by atoms with Gasteiger partial charge in [0.1, 0.15) is 5.82 Å². The first-order valence-electron chi connectivity index (χ1n) is 9.45. The monoisotopic (exact) mass is 381 g/mol. The molecule has 3 aromatic rings. The van der Waals surface area contributed by atoms with Crippen molar-refractivity contribution in [3.8, 4) is 0 Å². The van der Waals surface area contributed by atoms with Crippen LogP contribution in [0.2, 0.25) is 0 Å². The molecule has 4 rings (SSSR count). The lowest BCUT2D eigenvalue weighted by molar-refractivity contribution is 0.222. The third-order valence-corrected chi connectivity index (χ3v) is 5.33. The summed E-state index contributed by atoms with van der Waals surface area (Å²) in [5.74, 6) is 0.654. The van der Waals surface area contributed by atoms with Crippen LogP contribution >= 0.6 is 0 Å². The number of hydrogen-bond acceptors (Lipinski definition) is 6. The average Bonchev–Trinajstić information content (AvgIpc) is 3.15. The number of likely N-dealkylation sites (tertiary alicyclic amines) is 1. The number of para-hydroxylation sites is 1. The number of aliphatic hydroxyl groups excluding tert-OH is 1. The molecule has 146 valence electrons. The van der Waals surface area contributed by atoms with Gasteiger partial charge < -0.3 is 5.11 Å². The van der Waals surface area contributed by atoms with Crippen LogP contribution in [0.1, 0.15) is 30.3 Å². The topological polar surface area (TPSA) is 93.2 Å². The molecule has 1 atom stereocenters. The van der Waals surface area contributed by atoms with E-state index in [1.807, 2.05) is 18.2 Å². The minimum atomic E-state index is -0.138. The second kappa shape index (κ2) is 7.65. The molecule has 3 heterocycles. The molecule has 0 aliphatic carbocycles. The molecule has 1 saturated heterocycles. The smallest absolute Gasteiger partial charge is 0.270 e. The van der Waals surface area contributed by atoms with Gasteiger partial charge in [0.2, 0.25) is 0 Å². The summed E-state index contributed by atoms with van der Waals surface area (Å²) in [4.78, 5) is 32.3. The van der Waals surface area contributed by atoms with Crippen molar-refractivity contribution in [2.24, 2.45) is 7.05 Å². The zero-order chi connectivity index (χ0) is 19.7. The van der Waals surface area contributed by atoms with Gasteiger partial charge in [-0.15, -0.1) is 0 Å². The first-order valence-corrected chi connectivity index (χ1v) is 9.45. The highest BCUT2D eigenvalue weighted by Crippen LogP contribution is 2.32. The summed E-state index contributed by atoms with van der Waals surface area (Å²) in [6, 6.07) is 8.93. The van der Waals surface area contributed by atoms with Crippen molar-refractivity contribution in [1.29, 1.82) is 0 Å². The molecule has 1 N–H and O–H groups in total. The van der Waals surface area contributed by atoms with E-state index in [-0.39, 0.29) is 30.3 Å². The van der Waals surface area contributed by atoms with Crippen LogP contribution < -0.4 is 11.1 Å². The average molecular weight is 381 g/mol. The fourth-order valence-electron chi connectivity index (χ4n) is 3.96. The molecule has 0 saturated carbocycles. The van der Waals surface area contributed by atoms with Gasteiger partial charge in [-0.3, -0.25) is 19.1 Å². The van der Waals surface area contributed by atoms with Crippen molar-refractivity contribution in [2.45, 2.75) is 32.0 Å². The summed E-state index contributed by atoms with van der Waals surface area (Å²) in [5.41, 5.74) is 1.07. The lowest BCUT2D eigenvalue weighted by atomic mass is 10.1. The molecule has 0 spiro atoms. The first kappa shape index (κ1) is 18.5. The number of aliphatic hydroxyl groups is 1. The highest BCUT2D eigenvalue weighted by molar-refractivity contribution is 5.77. The maximum absolute atomic E-state index is 13.0. The Balaban J connectivity index is 1.77. The lowest BCUT2D eigenvalue weighted by Crippen LogP contribution is -2.34. The van der Waals surface area contributed by atoms with Gasteiger partial charge in [0.05, 0.1) is 30.1 Å². The van der Waals surface area contributed by atoms with Gasteiger partial charge in [-0.1, -0.05) is 12.1 Å². The lowest BCUT2D eigenvalue weighted by Gasteiger charge is -2.26. The van der Waals surface area contributed by atoms with Crippen molar-refractivity contribution in [3.63, 3.8) is 0 Å². The van der Waals surface area contributed by atoms with E-state index in [1.165, 1.54) is 4.68 Å². The summed E-state index contributed by atoms with van der Waals surface area (Å²) < 4.78 is 2.91. The second-order valence-corrected chi connectivity index (χ2v) is 7.08. The Hall–Kier alpha value is -2.84.